The van der Waals surface area contributed by atoms with Crippen LogP contribution < -0.4 is 5.32 Å². The molecule has 0 bridgehead atoms. The second-order valence-corrected chi connectivity index (χ2v) is 5.61. The SMILES string of the molecule is O=C(Cc1c(F)cccc1Cl)NC1CCCC1CCl. The molecule has 0 spiro atoms. The first-order valence-corrected chi connectivity index (χ1v) is 7.31. The first-order valence-electron chi connectivity index (χ1n) is 6.40. The maximum Gasteiger partial charge on any atom is 0.224 e. The largest absolute Gasteiger partial charge is 0.353 e. The minimum atomic E-state index is -0.442. The Balaban J connectivity index is 1.98. The van der Waals surface area contributed by atoms with Gasteiger partial charge >= 0.3 is 0 Å². The van der Waals surface area contributed by atoms with Crippen LogP contribution in [0.2, 0.25) is 5.02 Å². The van der Waals surface area contributed by atoms with Crippen LogP contribution in [0.3, 0.4) is 0 Å². The minimum Gasteiger partial charge on any atom is -0.353 e. The van der Waals surface area contributed by atoms with Crippen LogP contribution in [0.5, 0.6) is 0 Å². The zero-order valence-electron chi connectivity index (χ0n) is 10.5. The topological polar surface area (TPSA) is 29.1 Å². The Morgan fingerprint density at radius 1 is 1.42 bits per heavy atom. The zero-order valence-corrected chi connectivity index (χ0v) is 12.0. The van der Waals surface area contributed by atoms with E-state index in [4.69, 9.17) is 23.2 Å². The molecular weight excluding hydrogens is 288 g/mol. The van der Waals surface area contributed by atoms with Gasteiger partial charge in [0, 0.05) is 22.5 Å². The van der Waals surface area contributed by atoms with Crippen LogP contribution in [0.1, 0.15) is 24.8 Å². The molecule has 1 aromatic carbocycles. The van der Waals surface area contributed by atoms with Crippen molar-refractivity contribution >= 4 is 29.1 Å². The Hall–Kier alpha value is -0.800. The highest BCUT2D eigenvalue weighted by Crippen LogP contribution is 2.27. The minimum absolute atomic E-state index is 0.0307. The Kier molecular flexibility index (Phi) is 5.06. The second kappa shape index (κ2) is 6.58. The molecule has 1 aliphatic rings. The fraction of sp³-hybridized carbons (Fsp3) is 0.500. The molecule has 0 aliphatic heterocycles. The van der Waals surface area contributed by atoms with Crippen LogP contribution in [-0.2, 0) is 11.2 Å². The summed E-state index contributed by atoms with van der Waals surface area (Å²) in [5, 5.41) is 3.22. The van der Waals surface area contributed by atoms with Crippen molar-refractivity contribution in [3.05, 3.63) is 34.6 Å². The lowest BCUT2D eigenvalue weighted by Crippen LogP contribution is -2.38. The molecule has 5 heteroatoms. The Labute approximate surface area is 122 Å². The van der Waals surface area contributed by atoms with Crippen molar-refractivity contribution in [2.45, 2.75) is 31.7 Å². The van der Waals surface area contributed by atoms with Crippen molar-refractivity contribution in [2.24, 2.45) is 5.92 Å². The molecule has 19 heavy (non-hydrogen) atoms. The molecule has 0 aromatic heterocycles. The zero-order chi connectivity index (χ0) is 13.8. The van der Waals surface area contributed by atoms with Gasteiger partial charge in [-0.3, -0.25) is 4.79 Å². The molecule has 2 unspecified atom stereocenters. The lowest BCUT2D eigenvalue weighted by atomic mass is 10.1. The maximum atomic E-state index is 13.6. The van der Waals surface area contributed by atoms with Crippen LogP contribution in [0.25, 0.3) is 0 Å². The van der Waals surface area contributed by atoms with E-state index >= 15 is 0 Å². The molecule has 1 amide bonds. The number of carbonyl (C=O) groups excluding carboxylic acids is 1. The Morgan fingerprint density at radius 2 is 2.21 bits per heavy atom. The molecule has 0 saturated heterocycles. The normalized spacial score (nSPS) is 22.5. The van der Waals surface area contributed by atoms with E-state index in [-0.39, 0.29) is 29.0 Å². The van der Waals surface area contributed by atoms with Gasteiger partial charge in [0.15, 0.2) is 0 Å². The average molecular weight is 304 g/mol. The summed E-state index contributed by atoms with van der Waals surface area (Å²) >= 11 is 11.8. The molecule has 2 atom stereocenters. The highest BCUT2D eigenvalue weighted by Gasteiger charge is 2.28. The van der Waals surface area contributed by atoms with E-state index < -0.39 is 5.82 Å². The summed E-state index contributed by atoms with van der Waals surface area (Å²) in [6, 6.07) is 4.53. The molecule has 104 valence electrons. The van der Waals surface area contributed by atoms with Crippen molar-refractivity contribution in [1.29, 1.82) is 0 Å². The van der Waals surface area contributed by atoms with Crippen LogP contribution in [0.4, 0.5) is 4.39 Å². The van der Waals surface area contributed by atoms with E-state index in [1.54, 1.807) is 6.07 Å². The van der Waals surface area contributed by atoms with Crippen molar-refractivity contribution < 1.29 is 9.18 Å². The van der Waals surface area contributed by atoms with E-state index in [0.717, 1.165) is 19.3 Å². The van der Waals surface area contributed by atoms with E-state index in [2.05, 4.69) is 5.32 Å². The van der Waals surface area contributed by atoms with Gasteiger partial charge in [0.25, 0.3) is 0 Å². The number of rotatable bonds is 4. The van der Waals surface area contributed by atoms with Gasteiger partial charge in [-0.15, -0.1) is 11.6 Å². The number of amides is 1. The lowest BCUT2D eigenvalue weighted by molar-refractivity contribution is -0.121. The number of alkyl halides is 1. The summed E-state index contributed by atoms with van der Waals surface area (Å²) in [6.45, 7) is 0. The van der Waals surface area contributed by atoms with Gasteiger partial charge in [-0.25, -0.2) is 4.39 Å². The first kappa shape index (κ1) is 14.6. The number of hydrogen-bond acceptors (Lipinski definition) is 1. The van der Waals surface area contributed by atoms with Crippen molar-refractivity contribution in [3.8, 4) is 0 Å². The van der Waals surface area contributed by atoms with Gasteiger partial charge < -0.3 is 5.32 Å². The van der Waals surface area contributed by atoms with Crippen LogP contribution >= 0.6 is 23.2 Å². The predicted octanol–water partition coefficient (Wildman–Crippen LogP) is 3.55. The number of hydrogen-bond donors (Lipinski definition) is 1. The highest BCUT2D eigenvalue weighted by atomic mass is 35.5. The molecule has 1 N–H and O–H groups in total. The summed E-state index contributed by atoms with van der Waals surface area (Å²) in [6.07, 6.45) is 3.02. The van der Waals surface area contributed by atoms with Gasteiger partial charge in [0.1, 0.15) is 5.82 Å². The summed E-state index contributed by atoms with van der Waals surface area (Å²) in [5.41, 5.74) is 0.252. The number of benzene rings is 1. The van der Waals surface area contributed by atoms with Crippen LogP contribution in [-0.4, -0.2) is 17.8 Å². The smallest absolute Gasteiger partial charge is 0.224 e. The van der Waals surface area contributed by atoms with Crippen molar-refractivity contribution in [1.82, 2.24) is 5.32 Å². The van der Waals surface area contributed by atoms with Gasteiger partial charge in [0.2, 0.25) is 5.91 Å². The van der Waals surface area contributed by atoms with Crippen molar-refractivity contribution in [2.75, 3.05) is 5.88 Å². The maximum absolute atomic E-state index is 13.6. The third kappa shape index (κ3) is 3.61. The number of carbonyl (C=O) groups is 1. The van der Waals surface area contributed by atoms with E-state index in [9.17, 15) is 9.18 Å². The van der Waals surface area contributed by atoms with Crippen LogP contribution in [0.15, 0.2) is 18.2 Å². The van der Waals surface area contributed by atoms with E-state index in [1.165, 1.54) is 12.1 Å². The summed E-state index contributed by atoms with van der Waals surface area (Å²) < 4.78 is 13.6. The van der Waals surface area contributed by atoms with Crippen molar-refractivity contribution in [3.63, 3.8) is 0 Å². The quantitative estimate of drug-likeness (QED) is 0.847. The molecule has 0 heterocycles. The highest BCUT2D eigenvalue weighted by molar-refractivity contribution is 6.31. The summed E-state index contributed by atoms with van der Waals surface area (Å²) in [7, 11) is 0. The molecule has 1 fully saturated rings. The summed E-state index contributed by atoms with van der Waals surface area (Å²) in [5.74, 6) is 0.226. The summed E-state index contributed by atoms with van der Waals surface area (Å²) in [4.78, 5) is 12.0. The molecule has 1 aromatic rings. The van der Waals surface area contributed by atoms with E-state index in [0.29, 0.717) is 11.8 Å². The lowest BCUT2D eigenvalue weighted by Gasteiger charge is -2.19. The molecular formula is C14H16Cl2FNO. The second-order valence-electron chi connectivity index (χ2n) is 4.90. The monoisotopic (exact) mass is 303 g/mol. The van der Waals surface area contributed by atoms with Gasteiger partial charge in [-0.2, -0.15) is 0 Å². The third-order valence-corrected chi connectivity index (χ3v) is 4.35. The molecule has 2 nitrogen and oxygen atoms in total. The number of nitrogens with one attached hydrogen (secondary N) is 1. The third-order valence-electron chi connectivity index (χ3n) is 3.60. The van der Waals surface area contributed by atoms with E-state index in [1.807, 2.05) is 0 Å². The molecule has 2 rings (SSSR count). The number of halogens is 3. The first-order chi connectivity index (χ1) is 9.11. The van der Waals surface area contributed by atoms with Gasteiger partial charge in [-0.1, -0.05) is 24.1 Å². The van der Waals surface area contributed by atoms with Gasteiger partial charge in [0.05, 0.1) is 6.42 Å². The standard InChI is InChI=1S/C14H16Cl2FNO/c15-8-9-3-1-6-13(9)18-14(19)7-10-11(16)4-2-5-12(10)17/h2,4-5,9,13H,1,3,6-8H2,(H,18,19). The average Bonchev–Trinajstić information content (AvgIpc) is 2.81. The Bertz CT molecular complexity index is 447. The molecule has 1 aliphatic carbocycles. The fourth-order valence-corrected chi connectivity index (χ4v) is 3.13. The Morgan fingerprint density at radius 3 is 2.89 bits per heavy atom. The molecule has 0 radical (unpaired) electrons. The predicted molar refractivity (Wildman–Crippen MR) is 75.1 cm³/mol. The fourth-order valence-electron chi connectivity index (χ4n) is 2.53. The van der Waals surface area contributed by atoms with Crippen LogP contribution in [0, 0.1) is 11.7 Å². The molecule has 1 saturated carbocycles. The van der Waals surface area contributed by atoms with Gasteiger partial charge in [-0.05, 0) is 30.9 Å².